The first-order chi connectivity index (χ1) is 12.4. The predicted molar refractivity (Wildman–Crippen MR) is 101 cm³/mol. The first-order valence-corrected chi connectivity index (χ1v) is 10.8. The molecule has 2 atom stereocenters. The number of nitrogens with zero attached hydrogens (tertiary/aromatic N) is 1. The minimum Gasteiger partial charge on any atom is -0.497 e. The lowest BCUT2D eigenvalue weighted by molar-refractivity contribution is -0.133. The van der Waals surface area contributed by atoms with Crippen molar-refractivity contribution in [1.82, 2.24) is 9.62 Å². The molecule has 0 spiro atoms. The summed E-state index contributed by atoms with van der Waals surface area (Å²) < 4.78 is 32.6. The third-order valence-electron chi connectivity index (χ3n) is 4.54. The van der Waals surface area contributed by atoms with Crippen molar-refractivity contribution in [3.05, 3.63) is 46.7 Å². The minimum absolute atomic E-state index is 0.0293. The molecule has 2 aromatic rings. The first-order valence-electron chi connectivity index (χ1n) is 8.41. The number of carbonyl (C=O) groups is 1. The van der Waals surface area contributed by atoms with E-state index in [9.17, 15) is 13.2 Å². The van der Waals surface area contributed by atoms with Crippen molar-refractivity contribution >= 4 is 27.3 Å². The highest BCUT2D eigenvalue weighted by Gasteiger charge is 2.34. The molecule has 8 heteroatoms. The standard InChI is InChI=1S/C18H22N2O4S2/c1-13(19-26(22,23)16-7-5-15(24-2)6-8-16)18(21)20-10-3-4-17(20)14-9-11-25-12-14/h5-9,11-13,17,19H,3-4,10H2,1-2H3/t13-,17-/m0/s1. The number of methoxy groups -OCH3 is 1. The van der Waals surface area contributed by atoms with Crippen LogP contribution < -0.4 is 9.46 Å². The highest BCUT2D eigenvalue weighted by molar-refractivity contribution is 7.89. The fourth-order valence-corrected chi connectivity index (χ4v) is 5.10. The number of sulfonamides is 1. The average Bonchev–Trinajstić information content (AvgIpc) is 3.31. The first kappa shape index (κ1) is 18.9. The molecular formula is C18H22N2O4S2. The van der Waals surface area contributed by atoms with Crippen molar-refractivity contribution in [2.24, 2.45) is 0 Å². The monoisotopic (exact) mass is 394 g/mol. The Morgan fingerprint density at radius 3 is 2.65 bits per heavy atom. The quantitative estimate of drug-likeness (QED) is 0.817. The number of hydrogen-bond donors (Lipinski definition) is 1. The van der Waals surface area contributed by atoms with Crippen LogP contribution in [0, 0.1) is 0 Å². The Kier molecular flexibility index (Phi) is 5.64. The lowest BCUT2D eigenvalue weighted by Gasteiger charge is -2.27. The fraction of sp³-hybridized carbons (Fsp3) is 0.389. The fourth-order valence-electron chi connectivity index (χ4n) is 3.20. The summed E-state index contributed by atoms with van der Waals surface area (Å²) in [6, 6.07) is 7.29. The number of carbonyl (C=O) groups excluding carboxylic acids is 1. The van der Waals surface area contributed by atoms with Crippen LogP contribution in [-0.2, 0) is 14.8 Å². The summed E-state index contributed by atoms with van der Waals surface area (Å²) in [6.45, 7) is 2.24. The smallest absolute Gasteiger partial charge is 0.241 e. The lowest BCUT2D eigenvalue weighted by Crippen LogP contribution is -2.46. The third-order valence-corrected chi connectivity index (χ3v) is 6.79. The molecule has 1 N–H and O–H groups in total. The van der Waals surface area contributed by atoms with E-state index in [2.05, 4.69) is 4.72 Å². The summed E-state index contributed by atoms with van der Waals surface area (Å²) in [7, 11) is -2.27. The van der Waals surface area contributed by atoms with E-state index in [1.165, 1.54) is 19.2 Å². The summed E-state index contributed by atoms with van der Waals surface area (Å²) in [5.74, 6) is 0.375. The lowest BCUT2D eigenvalue weighted by atomic mass is 10.1. The number of hydrogen-bond acceptors (Lipinski definition) is 5. The van der Waals surface area contributed by atoms with E-state index >= 15 is 0 Å². The predicted octanol–water partition coefficient (Wildman–Crippen LogP) is 2.79. The second-order valence-electron chi connectivity index (χ2n) is 6.26. The van der Waals surface area contributed by atoms with Crippen molar-refractivity contribution in [3.8, 4) is 5.75 Å². The maximum Gasteiger partial charge on any atom is 0.241 e. The van der Waals surface area contributed by atoms with Crippen LogP contribution in [0.25, 0.3) is 0 Å². The van der Waals surface area contributed by atoms with Gasteiger partial charge in [0.15, 0.2) is 0 Å². The molecular weight excluding hydrogens is 372 g/mol. The van der Waals surface area contributed by atoms with E-state index < -0.39 is 16.1 Å². The van der Waals surface area contributed by atoms with Gasteiger partial charge in [0.2, 0.25) is 15.9 Å². The van der Waals surface area contributed by atoms with Crippen molar-refractivity contribution in [1.29, 1.82) is 0 Å². The topological polar surface area (TPSA) is 75.7 Å². The van der Waals surface area contributed by atoms with Gasteiger partial charge in [0, 0.05) is 6.54 Å². The molecule has 6 nitrogen and oxygen atoms in total. The Balaban J connectivity index is 1.71. The summed E-state index contributed by atoms with van der Waals surface area (Å²) >= 11 is 1.60. The van der Waals surface area contributed by atoms with E-state index in [1.807, 2.05) is 16.8 Å². The van der Waals surface area contributed by atoms with Crippen LogP contribution in [0.5, 0.6) is 5.75 Å². The molecule has 140 valence electrons. The Labute approximate surface area is 157 Å². The van der Waals surface area contributed by atoms with Crippen LogP contribution in [-0.4, -0.2) is 38.9 Å². The van der Waals surface area contributed by atoms with E-state index in [0.717, 1.165) is 18.4 Å². The van der Waals surface area contributed by atoms with Gasteiger partial charge in [-0.05, 0) is 66.4 Å². The van der Waals surface area contributed by atoms with Gasteiger partial charge in [0.25, 0.3) is 0 Å². The Morgan fingerprint density at radius 1 is 1.31 bits per heavy atom. The van der Waals surface area contributed by atoms with Gasteiger partial charge in [-0.25, -0.2) is 8.42 Å². The second-order valence-corrected chi connectivity index (χ2v) is 8.76. The second kappa shape index (κ2) is 7.77. The molecule has 1 aromatic heterocycles. The number of likely N-dealkylation sites (tertiary alicyclic amines) is 1. The maximum absolute atomic E-state index is 12.8. The van der Waals surface area contributed by atoms with Crippen LogP contribution in [0.2, 0.25) is 0 Å². The van der Waals surface area contributed by atoms with Gasteiger partial charge in [-0.1, -0.05) is 0 Å². The zero-order valence-corrected chi connectivity index (χ0v) is 16.3. The molecule has 1 aromatic carbocycles. The van der Waals surface area contributed by atoms with E-state index in [0.29, 0.717) is 12.3 Å². The molecule has 1 aliphatic heterocycles. The number of nitrogens with one attached hydrogen (secondary N) is 1. The van der Waals surface area contributed by atoms with Crippen LogP contribution in [0.3, 0.4) is 0 Å². The molecule has 0 bridgehead atoms. The summed E-state index contributed by atoms with van der Waals surface area (Å²) in [6.07, 6.45) is 1.82. The molecule has 1 saturated heterocycles. The van der Waals surface area contributed by atoms with Crippen molar-refractivity contribution in [2.45, 2.75) is 36.7 Å². The van der Waals surface area contributed by atoms with Gasteiger partial charge in [0.1, 0.15) is 5.75 Å². The minimum atomic E-state index is -3.78. The number of rotatable bonds is 6. The summed E-state index contributed by atoms with van der Waals surface area (Å²) in [5.41, 5.74) is 1.12. The average molecular weight is 395 g/mol. The van der Waals surface area contributed by atoms with Crippen molar-refractivity contribution in [2.75, 3.05) is 13.7 Å². The van der Waals surface area contributed by atoms with Gasteiger partial charge >= 0.3 is 0 Å². The van der Waals surface area contributed by atoms with Crippen LogP contribution in [0.15, 0.2) is 46.0 Å². The summed E-state index contributed by atoms with van der Waals surface area (Å²) in [4.78, 5) is 14.7. The summed E-state index contributed by atoms with van der Waals surface area (Å²) in [5, 5.41) is 4.04. The molecule has 0 unspecified atom stereocenters. The van der Waals surface area contributed by atoms with Gasteiger partial charge in [-0.2, -0.15) is 16.1 Å². The Bertz CT molecular complexity index is 848. The molecule has 1 amide bonds. The zero-order valence-electron chi connectivity index (χ0n) is 14.7. The van der Waals surface area contributed by atoms with Gasteiger partial charge in [-0.15, -0.1) is 0 Å². The van der Waals surface area contributed by atoms with Gasteiger partial charge in [0.05, 0.1) is 24.1 Å². The highest BCUT2D eigenvalue weighted by Crippen LogP contribution is 2.33. The Hall–Kier alpha value is -1.90. The number of thiophene rings is 1. The molecule has 2 heterocycles. The van der Waals surface area contributed by atoms with Crippen LogP contribution >= 0.6 is 11.3 Å². The van der Waals surface area contributed by atoms with Gasteiger partial charge in [-0.3, -0.25) is 4.79 Å². The van der Waals surface area contributed by atoms with E-state index in [4.69, 9.17) is 4.74 Å². The molecule has 3 rings (SSSR count). The van der Waals surface area contributed by atoms with Crippen molar-refractivity contribution < 1.29 is 17.9 Å². The van der Waals surface area contributed by atoms with Crippen molar-refractivity contribution in [3.63, 3.8) is 0 Å². The number of ether oxygens (including phenoxy) is 1. The van der Waals surface area contributed by atoms with E-state index in [-0.39, 0.29) is 16.8 Å². The van der Waals surface area contributed by atoms with Crippen LogP contribution in [0.4, 0.5) is 0 Å². The molecule has 0 radical (unpaired) electrons. The normalized spacial score (nSPS) is 18.7. The Morgan fingerprint density at radius 2 is 2.04 bits per heavy atom. The molecule has 0 aliphatic carbocycles. The van der Waals surface area contributed by atoms with E-state index in [1.54, 1.807) is 35.3 Å². The molecule has 0 saturated carbocycles. The number of benzene rings is 1. The van der Waals surface area contributed by atoms with Gasteiger partial charge < -0.3 is 9.64 Å². The largest absolute Gasteiger partial charge is 0.497 e. The van der Waals surface area contributed by atoms with Crippen LogP contribution in [0.1, 0.15) is 31.4 Å². The molecule has 1 aliphatic rings. The molecule has 26 heavy (non-hydrogen) atoms. The maximum atomic E-state index is 12.8. The third kappa shape index (κ3) is 3.92. The molecule has 1 fully saturated rings. The zero-order chi connectivity index (χ0) is 18.7. The SMILES string of the molecule is COc1ccc(S(=O)(=O)N[C@@H](C)C(=O)N2CCC[C@H]2c2ccsc2)cc1. The number of amides is 1. The highest BCUT2D eigenvalue weighted by atomic mass is 32.2.